The number of hydrogen-bond donors (Lipinski definition) is 0. The second kappa shape index (κ2) is 6.97. The Morgan fingerprint density at radius 1 is 1.04 bits per heavy atom. The number of fused-ring (bicyclic) bond motifs is 1. The number of aryl methyl sites for hydroxylation is 1. The number of carboxylic acid groups (broad SMARTS) is 2. The van der Waals surface area contributed by atoms with E-state index in [2.05, 4.69) is 0 Å². The molecule has 1 aliphatic rings. The predicted molar refractivity (Wildman–Crippen MR) is 91.0 cm³/mol. The average Bonchev–Trinajstić information content (AvgIpc) is 2.91. The Morgan fingerprint density at radius 3 is 2.36 bits per heavy atom. The predicted octanol–water partition coefficient (Wildman–Crippen LogP) is 1.32. The number of aliphatic carboxylic acids is 2. The van der Waals surface area contributed by atoms with Crippen molar-refractivity contribution < 1.29 is 19.8 Å². The van der Waals surface area contributed by atoms with Crippen LogP contribution < -0.4 is 10.2 Å². The van der Waals surface area contributed by atoms with Crippen LogP contribution in [-0.2, 0) is 16.6 Å². The third kappa shape index (κ3) is 3.36. The van der Waals surface area contributed by atoms with Gasteiger partial charge in [-0.2, -0.15) is 0 Å². The maximum atomic E-state index is 11.7. The van der Waals surface area contributed by atoms with E-state index in [9.17, 15) is 19.8 Å². The van der Waals surface area contributed by atoms with Crippen molar-refractivity contribution in [3.63, 3.8) is 0 Å². The fourth-order valence-electron chi connectivity index (χ4n) is 3.55. The molecule has 1 fully saturated rings. The Kier molecular flexibility index (Phi) is 4.74. The van der Waals surface area contributed by atoms with E-state index in [1.54, 1.807) is 6.20 Å². The van der Waals surface area contributed by atoms with Crippen LogP contribution in [0.3, 0.4) is 0 Å². The van der Waals surface area contributed by atoms with Gasteiger partial charge in [-0.25, -0.2) is 0 Å². The molecular weight excluding hydrogens is 318 g/mol. The van der Waals surface area contributed by atoms with Gasteiger partial charge in [0.15, 0.2) is 0 Å². The molecule has 1 aromatic heterocycles. The summed E-state index contributed by atoms with van der Waals surface area (Å²) in [5.74, 6) is -2.95. The third-order valence-electron chi connectivity index (χ3n) is 4.73. The number of allylic oxidation sites excluding steroid dienone is 1. The molecule has 5 heteroatoms. The normalized spacial score (nSPS) is 15.4. The second-order valence-corrected chi connectivity index (χ2v) is 6.38. The number of aromatic nitrogens is 1. The molecule has 0 aliphatic heterocycles. The van der Waals surface area contributed by atoms with Crippen LogP contribution in [0.1, 0.15) is 37.7 Å². The van der Waals surface area contributed by atoms with Crippen molar-refractivity contribution in [2.75, 3.05) is 0 Å². The van der Waals surface area contributed by atoms with E-state index in [1.165, 1.54) is 6.08 Å². The van der Waals surface area contributed by atoms with Gasteiger partial charge < -0.3 is 24.4 Å². The first-order chi connectivity index (χ1) is 12.0. The summed E-state index contributed by atoms with van der Waals surface area (Å²) < 4.78 is 1.88. The molecular formula is C20H19NO4-2. The smallest absolute Gasteiger partial charge is 0.0722 e. The first kappa shape index (κ1) is 17.0. The van der Waals surface area contributed by atoms with Gasteiger partial charge in [-0.3, -0.25) is 0 Å². The van der Waals surface area contributed by atoms with Crippen LogP contribution in [0, 0.1) is 0 Å². The lowest BCUT2D eigenvalue weighted by Gasteiger charge is -2.22. The van der Waals surface area contributed by atoms with Crippen LogP contribution in [0.4, 0.5) is 0 Å². The van der Waals surface area contributed by atoms with E-state index < -0.39 is 11.9 Å². The minimum absolute atomic E-state index is 0.215. The average molecular weight is 337 g/mol. The first-order valence-corrected chi connectivity index (χ1v) is 8.40. The van der Waals surface area contributed by atoms with Crippen LogP contribution in [0.2, 0.25) is 0 Å². The minimum Gasteiger partial charge on any atom is -0.545 e. The van der Waals surface area contributed by atoms with Gasteiger partial charge in [-0.1, -0.05) is 30.2 Å². The molecule has 1 aromatic carbocycles. The van der Waals surface area contributed by atoms with Gasteiger partial charge in [0, 0.05) is 40.9 Å². The number of carbonyl (C=O) groups is 2. The summed E-state index contributed by atoms with van der Waals surface area (Å²) in [6.45, 7) is 0. The monoisotopic (exact) mass is 337 g/mol. The summed E-state index contributed by atoms with van der Waals surface area (Å²) in [5.41, 5.74) is 1.70. The molecule has 2 aromatic rings. The van der Waals surface area contributed by atoms with Crippen molar-refractivity contribution in [2.45, 2.75) is 32.1 Å². The maximum absolute atomic E-state index is 11.7. The zero-order valence-corrected chi connectivity index (χ0v) is 14.1. The van der Waals surface area contributed by atoms with Crippen molar-refractivity contribution in [1.29, 1.82) is 0 Å². The largest absolute Gasteiger partial charge is 0.545 e. The fourth-order valence-corrected chi connectivity index (χ4v) is 3.55. The van der Waals surface area contributed by atoms with E-state index in [-0.39, 0.29) is 11.1 Å². The molecule has 0 atom stereocenters. The zero-order valence-electron chi connectivity index (χ0n) is 14.1. The zero-order chi connectivity index (χ0) is 18.0. The van der Waals surface area contributed by atoms with Crippen LogP contribution >= 0.6 is 0 Å². The lowest BCUT2D eigenvalue weighted by Crippen LogP contribution is -2.33. The van der Waals surface area contributed by atoms with Crippen molar-refractivity contribution in [3.8, 4) is 0 Å². The molecule has 0 amide bonds. The van der Waals surface area contributed by atoms with E-state index in [1.807, 2.05) is 35.9 Å². The molecule has 130 valence electrons. The van der Waals surface area contributed by atoms with Gasteiger partial charge in [0.2, 0.25) is 0 Å². The van der Waals surface area contributed by atoms with Crippen molar-refractivity contribution in [3.05, 3.63) is 52.7 Å². The van der Waals surface area contributed by atoms with Crippen LogP contribution in [-0.4, -0.2) is 16.5 Å². The Morgan fingerprint density at radius 2 is 1.72 bits per heavy atom. The Hall–Kier alpha value is -2.82. The Balaban J connectivity index is 2.18. The van der Waals surface area contributed by atoms with Crippen molar-refractivity contribution in [1.82, 2.24) is 4.57 Å². The molecule has 0 saturated heterocycles. The summed E-state index contributed by atoms with van der Waals surface area (Å²) in [5, 5.41) is 24.3. The Bertz CT molecular complexity index is 894. The van der Waals surface area contributed by atoms with Gasteiger partial charge in [-0.15, -0.1) is 0 Å². The highest BCUT2D eigenvalue weighted by Gasteiger charge is 2.17. The second-order valence-electron chi connectivity index (χ2n) is 6.38. The summed E-state index contributed by atoms with van der Waals surface area (Å²) in [6, 6.07) is 7.55. The SMILES string of the molecule is Cn1cc(/C=C(\C(=O)[O-])C(C(=O)[O-])=C2CCCCC2)c2ccccc21. The molecule has 0 unspecified atom stereocenters. The van der Waals surface area contributed by atoms with Crippen LogP contribution in [0.5, 0.6) is 0 Å². The highest BCUT2D eigenvalue weighted by molar-refractivity contribution is 6.09. The van der Waals surface area contributed by atoms with Crippen molar-refractivity contribution >= 4 is 28.9 Å². The molecule has 1 saturated carbocycles. The third-order valence-corrected chi connectivity index (χ3v) is 4.73. The van der Waals surface area contributed by atoms with Crippen LogP contribution in [0.15, 0.2) is 47.2 Å². The summed E-state index contributed by atoms with van der Waals surface area (Å²) >= 11 is 0. The number of para-hydroxylation sites is 1. The van der Waals surface area contributed by atoms with Crippen molar-refractivity contribution in [2.24, 2.45) is 7.05 Å². The topological polar surface area (TPSA) is 85.2 Å². The molecule has 5 nitrogen and oxygen atoms in total. The number of rotatable bonds is 4. The molecule has 0 bridgehead atoms. The van der Waals surface area contributed by atoms with E-state index >= 15 is 0 Å². The highest BCUT2D eigenvalue weighted by Crippen LogP contribution is 2.31. The lowest BCUT2D eigenvalue weighted by molar-refractivity contribution is -0.304. The number of carboxylic acids is 2. The molecule has 1 aliphatic carbocycles. The van der Waals surface area contributed by atoms with Crippen LogP contribution in [0.25, 0.3) is 17.0 Å². The maximum Gasteiger partial charge on any atom is 0.0722 e. The standard InChI is InChI=1S/C20H21NO4/c1-21-12-14(15-9-5-6-10-17(15)21)11-16(19(22)23)18(20(24)25)13-7-3-2-4-8-13/h5-6,9-12H,2-4,7-8H2,1H3,(H,22,23)(H,24,25)/p-2/b16-11-. The number of hydrogen-bond acceptors (Lipinski definition) is 4. The summed E-state index contributed by atoms with van der Waals surface area (Å²) in [4.78, 5) is 23.4. The van der Waals surface area contributed by atoms with Gasteiger partial charge in [0.25, 0.3) is 0 Å². The first-order valence-electron chi connectivity index (χ1n) is 8.40. The Labute approximate surface area is 145 Å². The molecule has 0 radical (unpaired) electrons. The van der Waals surface area contributed by atoms with Gasteiger partial charge in [0.1, 0.15) is 0 Å². The van der Waals surface area contributed by atoms with E-state index in [0.717, 1.165) is 30.2 Å². The summed E-state index contributed by atoms with van der Waals surface area (Å²) in [6.07, 6.45) is 7.10. The van der Waals surface area contributed by atoms with Gasteiger partial charge in [-0.05, 0) is 37.8 Å². The molecule has 0 N–H and O–H groups in total. The number of nitrogens with zero attached hydrogens (tertiary/aromatic N) is 1. The molecule has 1 heterocycles. The van der Waals surface area contributed by atoms with Gasteiger partial charge in [0.05, 0.1) is 11.9 Å². The number of carbonyl (C=O) groups excluding carboxylic acids is 2. The van der Waals surface area contributed by atoms with E-state index in [0.29, 0.717) is 24.0 Å². The fraction of sp³-hybridized carbons (Fsp3) is 0.300. The molecule has 0 spiro atoms. The molecule has 3 rings (SSSR count). The summed E-state index contributed by atoms with van der Waals surface area (Å²) in [7, 11) is 1.86. The number of benzene rings is 1. The highest BCUT2D eigenvalue weighted by atomic mass is 16.4. The quantitative estimate of drug-likeness (QED) is 0.788. The van der Waals surface area contributed by atoms with E-state index in [4.69, 9.17) is 0 Å². The minimum atomic E-state index is -1.50. The van der Waals surface area contributed by atoms with Gasteiger partial charge >= 0.3 is 0 Å². The lowest BCUT2D eigenvalue weighted by atomic mass is 9.87. The molecule has 25 heavy (non-hydrogen) atoms.